The highest BCUT2D eigenvalue weighted by Crippen LogP contribution is 2.37. The van der Waals surface area contributed by atoms with Crippen molar-refractivity contribution in [3.05, 3.63) is 66.0 Å². The molecule has 1 saturated heterocycles. The topological polar surface area (TPSA) is 91.6 Å². The maximum absolute atomic E-state index is 9.69. The Hall–Kier alpha value is -3.63. The van der Waals surface area contributed by atoms with Gasteiger partial charge in [0.15, 0.2) is 25.3 Å². The van der Waals surface area contributed by atoms with Crippen molar-refractivity contribution in [1.29, 1.82) is 0 Å². The summed E-state index contributed by atoms with van der Waals surface area (Å²) >= 11 is 0. The van der Waals surface area contributed by atoms with Gasteiger partial charge in [0.25, 0.3) is 0 Å². The summed E-state index contributed by atoms with van der Waals surface area (Å²) < 4.78 is 8.62. The summed E-state index contributed by atoms with van der Waals surface area (Å²) in [6.45, 7) is 16.0. The summed E-state index contributed by atoms with van der Waals surface area (Å²) in [7, 11) is -1.86. The molecule has 2 aromatic heterocycles. The standard InChI is InChI=1S/C32H43N7O2Si/c1-32(2,3)42(4,5)41-21-20-39-22-33-28-29(34-27-15-10-23-8-6-7-9-26(23)27)35-31(36-30(28)39)38-18-16-37(17-19-38)24-11-13-25(40)14-12-24/h6-9,11-14,22,27,40H,10,15-21H2,1-5H3,(H,34,35,36). The minimum absolute atomic E-state index is 0.163. The molecule has 0 spiro atoms. The molecule has 6 rings (SSSR count). The van der Waals surface area contributed by atoms with E-state index in [1.165, 1.54) is 11.1 Å². The molecule has 2 aromatic carbocycles. The summed E-state index contributed by atoms with van der Waals surface area (Å²) in [5.41, 5.74) is 5.51. The van der Waals surface area contributed by atoms with Gasteiger partial charge in [0.05, 0.1) is 19.0 Å². The first-order valence-corrected chi connectivity index (χ1v) is 18.0. The Balaban J connectivity index is 1.27. The molecule has 0 saturated carbocycles. The number of hydrogen-bond acceptors (Lipinski definition) is 8. The Labute approximate surface area is 249 Å². The van der Waals surface area contributed by atoms with E-state index in [0.29, 0.717) is 13.2 Å². The van der Waals surface area contributed by atoms with Crippen LogP contribution in [0.4, 0.5) is 17.5 Å². The number of imidazole rings is 1. The number of phenolic OH excluding ortho intramolecular Hbond substituents is 1. The number of phenols is 1. The smallest absolute Gasteiger partial charge is 0.229 e. The Morgan fingerprint density at radius 3 is 2.43 bits per heavy atom. The maximum Gasteiger partial charge on any atom is 0.229 e. The largest absolute Gasteiger partial charge is 0.508 e. The van der Waals surface area contributed by atoms with Gasteiger partial charge in [0, 0.05) is 38.4 Å². The predicted molar refractivity (Wildman–Crippen MR) is 172 cm³/mol. The number of aromatic nitrogens is 4. The molecule has 1 atom stereocenters. The highest BCUT2D eigenvalue weighted by molar-refractivity contribution is 6.74. The highest BCUT2D eigenvalue weighted by atomic mass is 28.4. The van der Waals surface area contributed by atoms with E-state index in [4.69, 9.17) is 19.4 Å². The average Bonchev–Trinajstić information content (AvgIpc) is 3.57. The molecule has 3 heterocycles. The summed E-state index contributed by atoms with van der Waals surface area (Å²) in [5.74, 6) is 1.81. The molecule has 222 valence electrons. The Morgan fingerprint density at radius 2 is 1.69 bits per heavy atom. The van der Waals surface area contributed by atoms with Crippen LogP contribution >= 0.6 is 0 Å². The first kappa shape index (κ1) is 28.5. The number of anilines is 3. The zero-order valence-electron chi connectivity index (χ0n) is 25.5. The maximum atomic E-state index is 9.69. The van der Waals surface area contributed by atoms with E-state index in [-0.39, 0.29) is 16.8 Å². The number of aryl methyl sites for hydroxylation is 1. The second kappa shape index (κ2) is 11.2. The lowest BCUT2D eigenvalue weighted by molar-refractivity contribution is 0.273. The van der Waals surface area contributed by atoms with Crippen LogP contribution in [-0.2, 0) is 17.4 Å². The van der Waals surface area contributed by atoms with Gasteiger partial charge in [-0.1, -0.05) is 45.0 Å². The van der Waals surface area contributed by atoms with Crippen LogP contribution < -0.4 is 15.1 Å². The fraction of sp³-hybridized carbons (Fsp3) is 0.469. The normalized spacial score (nSPS) is 17.6. The van der Waals surface area contributed by atoms with Gasteiger partial charge in [-0.15, -0.1) is 0 Å². The van der Waals surface area contributed by atoms with Crippen molar-refractivity contribution in [2.24, 2.45) is 0 Å². The van der Waals surface area contributed by atoms with Gasteiger partial charge >= 0.3 is 0 Å². The molecule has 0 amide bonds. The molecule has 2 N–H and O–H groups in total. The van der Waals surface area contributed by atoms with E-state index in [2.05, 4.69) is 77.8 Å². The second-order valence-corrected chi connectivity index (χ2v) is 17.8. The van der Waals surface area contributed by atoms with Crippen LogP contribution in [0, 0.1) is 0 Å². The lowest BCUT2D eigenvalue weighted by atomic mass is 10.1. The molecule has 1 aliphatic heterocycles. The molecule has 4 aromatic rings. The van der Waals surface area contributed by atoms with Crippen molar-refractivity contribution in [2.45, 2.75) is 64.3 Å². The van der Waals surface area contributed by atoms with E-state index in [9.17, 15) is 5.11 Å². The molecule has 0 radical (unpaired) electrons. The van der Waals surface area contributed by atoms with Gasteiger partial charge in [-0.3, -0.25) is 0 Å². The van der Waals surface area contributed by atoms with Crippen molar-refractivity contribution in [3.8, 4) is 5.75 Å². The van der Waals surface area contributed by atoms with Crippen molar-refractivity contribution in [2.75, 3.05) is 47.9 Å². The molecule has 9 nitrogen and oxygen atoms in total. The number of rotatable bonds is 8. The van der Waals surface area contributed by atoms with Gasteiger partial charge in [-0.05, 0) is 66.4 Å². The van der Waals surface area contributed by atoms with Crippen LogP contribution in [-0.4, -0.2) is 65.7 Å². The van der Waals surface area contributed by atoms with Gasteiger partial charge < -0.3 is 29.2 Å². The molecule has 0 bridgehead atoms. The first-order valence-electron chi connectivity index (χ1n) is 15.1. The quantitative estimate of drug-likeness (QED) is 0.244. The third kappa shape index (κ3) is 5.70. The number of aromatic hydroxyl groups is 1. The molecule has 2 aliphatic rings. The summed E-state index contributed by atoms with van der Waals surface area (Å²) in [5, 5.41) is 13.6. The van der Waals surface area contributed by atoms with Crippen LogP contribution in [0.5, 0.6) is 5.75 Å². The number of nitrogens with one attached hydrogen (secondary N) is 1. The van der Waals surface area contributed by atoms with E-state index in [1.807, 2.05) is 18.5 Å². The third-order valence-electron chi connectivity index (χ3n) is 9.27. The highest BCUT2D eigenvalue weighted by Gasteiger charge is 2.37. The fourth-order valence-corrected chi connectivity index (χ4v) is 6.69. The minimum atomic E-state index is -1.86. The monoisotopic (exact) mass is 585 g/mol. The number of fused-ring (bicyclic) bond motifs is 2. The molecule has 1 fully saturated rings. The van der Waals surface area contributed by atoms with E-state index < -0.39 is 8.32 Å². The minimum Gasteiger partial charge on any atom is -0.508 e. The van der Waals surface area contributed by atoms with Gasteiger partial charge in [0.2, 0.25) is 5.95 Å². The number of hydrogen-bond donors (Lipinski definition) is 2. The van der Waals surface area contributed by atoms with Crippen molar-refractivity contribution in [3.63, 3.8) is 0 Å². The van der Waals surface area contributed by atoms with Gasteiger partial charge in [0.1, 0.15) is 5.75 Å². The van der Waals surface area contributed by atoms with Crippen LogP contribution in [0.2, 0.25) is 18.1 Å². The number of piperazine rings is 1. The summed E-state index contributed by atoms with van der Waals surface area (Å²) in [6.07, 6.45) is 3.98. The first-order chi connectivity index (χ1) is 20.1. The Kier molecular flexibility index (Phi) is 7.61. The second-order valence-electron chi connectivity index (χ2n) is 13.0. The van der Waals surface area contributed by atoms with Crippen LogP contribution in [0.25, 0.3) is 11.2 Å². The van der Waals surface area contributed by atoms with Crippen LogP contribution in [0.3, 0.4) is 0 Å². The van der Waals surface area contributed by atoms with E-state index in [0.717, 1.165) is 67.6 Å². The number of benzene rings is 2. The molecular weight excluding hydrogens is 542 g/mol. The van der Waals surface area contributed by atoms with Crippen LogP contribution in [0.15, 0.2) is 54.9 Å². The van der Waals surface area contributed by atoms with Gasteiger partial charge in [-0.2, -0.15) is 9.97 Å². The SMILES string of the molecule is CC(C)(C)[Si](C)(C)OCCn1cnc2c(NC3CCc4ccccc43)nc(N3CCN(c4ccc(O)cc4)CC3)nc21. The molecule has 1 aliphatic carbocycles. The third-order valence-corrected chi connectivity index (χ3v) is 13.8. The van der Waals surface area contributed by atoms with Crippen molar-refractivity contribution in [1.82, 2.24) is 19.5 Å². The molecular formula is C32H43N7O2Si. The Bertz CT molecular complexity index is 1540. The van der Waals surface area contributed by atoms with E-state index in [1.54, 1.807) is 12.1 Å². The van der Waals surface area contributed by atoms with Gasteiger partial charge in [-0.25, -0.2) is 4.98 Å². The average molecular weight is 586 g/mol. The zero-order chi connectivity index (χ0) is 29.5. The van der Waals surface area contributed by atoms with E-state index >= 15 is 0 Å². The van der Waals surface area contributed by atoms with Crippen LogP contribution in [0.1, 0.15) is 44.4 Å². The lowest BCUT2D eigenvalue weighted by Gasteiger charge is -2.36. The van der Waals surface area contributed by atoms with Crippen molar-refractivity contribution < 1.29 is 9.53 Å². The number of nitrogens with zero attached hydrogens (tertiary/aromatic N) is 6. The summed E-state index contributed by atoms with van der Waals surface area (Å²) in [6, 6.07) is 16.3. The van der Waals surface area contributed by atoms with Crippen molar-refractivity contribution >= 4 is 36.9 Å². The zero-order valence-corrected chi connectivity index (χ0v) is 26.5. The molecule has 1 unspecified atom stereocenters. The summed E-state index contributed by atoms with van der Waals surface area (Å²) in [4.78, 5) is 19.6. The lowest BCUT2D eigenvalue weighted by Crippen LogP contribution is -2.47. The fourth-order valence-electron chi connectivity index (χ4n) is 5.65. The Morgan fingerprint density at radius 1 is 0.976 bits per heavy atom. The molecule has 42 heavy (non-hydrogen) atoms. The molecule has 10 heteroatoms. The predicted octanol–water partition coefficient (Wildman–Crippen LogP) is 5.98.